The summed E-state index contributed by atoms with van der Waals surface area (Å²) in [4.78, 5) is 4.91. The largest absolute Gasteiger partial charge is 0.308 e. The molecule has 4 heteroatoms. The van der Waals surface area contributed by atoms with Crippen LogP contribution in [0.25, 0.3) is 71.6 Å². The molecule has 0 bridgehead atoms. The summed E-state index contributed by atoms with van der Waals surface area (Å²) < 4.78 is 18.1. The van der Waals surface area contributed by atoms with Crippen LogP contribution in [0.2, 0.25) is 0 Å². The summed E-state index contributed by atoms with van der Waals surface area (Å²) in [6.07, 6.45) is 0. The Morgan fingerprint density at radius 2 is 1.02 bits per heavy atom. The number of benzene rings is 8. The minimum atomic E-state index is -3.27. The van der Waals surface area contributed by atoms with Crippen molar-refractivity contribution in [1.29, 1.82) is 0 Å². The smallest absolute Gasteiger partial charge is 0.175 e. The fraction of sp³-hybridized carbons (Fsp3) is 0.0217. The molecular formula is C46H31N2OP. The van der Waals surface area contributed by atoms with Crippen molar-refractivity contribution in [3.8, 4) is 39.1 Å². The van der Waals surface area contributed by atoms with Crippen molar-refractivity contribution in [2.75, 3.05) is 0 Å². The van der Waals surface area contributed by atoms with Crippen LogP contribution in [0.4, 0.5) is 0 Å². The highest BCUT2D eigenvalue weighted by Crippen LogP contribution is 2.51. The molecule has 9 aromatic rings. The van der Waals surface area contributed by atoms with Crippen LogP contribution in [0.1, 0.15) is 5.82 Å². The lowest BCUT2D eigenvalue weighted by atomic mass is 9.85. The first-order valence-electron chi connectivity index (χ1n) is 17.0. The molecule has 0 aliphatic carbocycles. The summed E-state index contributed by atoms with van der Waals surface area (Å²) >= 11 is 0. The number of imidazole rings is 1. The third-order valence-electron chi connectivity index (χ3n) is 10.3. The van der Waals surface area contributed by atoms with Crippen molar-refractivity contribution < 1.29 is 4.57 Å². The second kappa shape index (κ2) is 11.0. The van der Waals surface area contributed by atoms with Crippen LogP contribution in [0, 0.1) is 6.92 Å². The summed E-state index contributed by atoms with van der Waals surface area (Å²) in [5.74, 6) is 0.888. The summed E-state index contributed by atoms with van der Waals surface area (Å²) in [5.41, 5.74) is 9.72. The number of para-hydroxylation sites is 1. The Morgan fingerprint density at radius 3 is 1.68 bits per heavy atom. The first kappa shape index (κ1) is 28.9. The highest BCUT2D eigenvalue weighted by atomic mass is 31.2. The predicted octanol–water partition coefficient (Wildman–Crippen LogP) is 10.6. The van der Waals surface area contributed by atoms with Crippen molar-refractivity contribution in [2.45, 2.75) is 6.92 Å². The Labute approximate surface area is 290 Å². The Morgan fingerprint density at radius 1 is 0.480 bits per heavy atom. The van der Waals surface area contributed by atoms with Crippen molar-refractivity contribution in [3.05, 3.63) is 176 Å². The number of aryl methyl sites for hydroxylation is 1. The molecule has 0 amide bonds. The van der Waals surface area contributed by atoms with Gasteiger partial charge in [-0.15, -0.1) is 0 Å². The molecule has 1 aliphatic heterocycles. The first-order chi connectivity index (χ1) is 24.6. The average molecular weight is 659 g/mol. The number of hydrogen-bond donors (Lipinski definition) is 0. The van der Waals surface area contributed by atoms with E-state index < -0.39 is 7.14 Å². The molecule has 1 aliphatic rings. The molecule has 1 unspecified atom stereocenters. The molecule has 1 aromatic heterocycles. The zero-order valence-electron chi connectivity index (χ0n) is 27.4. The van der Waals surface area contributed by atoms with Crippen LogP contribution in [0.15, 0.2) is 170 Å². The van der Waals surface area contributed by atoms with Gasteiger partial charge in [-0.05, 0) is 92.2 Å². The summed E-state index contributed by atoms with van der Waals surface area (Å²) in [6, 6.07) is 59.5. The van der Waals surface area contributed by atoms with Crippen LogP contribution in [-0.2, 0) is 4.57 Å². The third kappa shape index (κ3) is 4.11. The van der Waals surface area contributed by atoms with Crippen LogP contribution in [0.5, 0.6) is 0 Å². The van der Waals surface area contributed by atoms with E-state index in [0.29, 0.717) is 0 Å². The molecule has 2 heterocycles. The van der Waals surface area contributed by atoms with Gasteiger partial charge in [0, 0.05) is 15.9 Å². The summed E-state index contributed by atoms with van der Waals surface area (Å²) in [7, 11) is -3.27. The van der Waals surface area contributed by atoms with E-state index in [0.717, 1.165) is 49.6 Å². The second-order valence-electron chi connectivity index (χ2n) is 13.1. The standard InChI is InChI=1S/C46H31N2OP/c1-30-47-40-24-13-25-42-46(40)48(30)41-27-26-34(29-43(41)50(42,49)35-18-6-3-7-19-35)45-38-22-10-8-20-36(38)44(37-21-9-11-23-39(37)45)33-17-12-16-32(28-33)31-14-4-2-5-15-31/h2-29H,1H3. The number of nitrogens with zero attached hydrogens (tertiary/aromatic N) is 2. The van der Waals surface area contributed by atoms with E-state index in [-0.39, 0.29) is 0 Å². The molecule has 0 fully saturated rings. The van der Waals surface area contributed by atoms with E-state index in [1.807, 2.05) is 55.5 Å². The van der Waals surface area contributed by atoms with Gasteiger partial charge in [0.15, 0.2) is 7.14 Å². The quantitative estimate of drug-likeness (QED) is 0.139. The van der Waals surface area contributed by atoms with Gasteiger partial charge in [-0.3, -0.25) is 4.57 Å². The third-order valence-corrected chi connectivity index (χ3v) is 13.4. The highest BCUT2D eigenvalue weighted by Gasteiger charge is 2.39. The molecule has 0 radical (unpaired) electrons. The SMILES string of the molecule is Cc1nc2cccc3c2n1-c1ccc(-c2c4ccccc4c(-c4cccc(-c5ccccc5)c4)c4ccccc24)cc1P3(=O)c1ccccc1. The topological polar surface area (TPSA) is 34.9 Å². The highest BCUT2D eigenvalue weighted by molar-refractivity contribution is 7.86. The minimum absolute atomic E-state index is 0.833. The van der Waals surface area contributed by atoms with E-state index in [9.17, 15) is 0 Å². The lowest BCUT2D eigenvalue weighted by Crippen LogP contribution is -2.33. The van der Waals surface area contributed by atoms with E-state index in [4.69, 9.17) is 4.98 Å². The number of fused-ring (bicyclic) bond motifs is 4. The Hall–Kier alpha value is -6.02. The van der Waals surface area contributed by atoms with Crippen LogP contribution < -0.4 is 15.9 Å². The first-order valence-corrected chi connectivity index (χ1v) is 18.7. The van der Waals surface area contributed by atoms with Crippen molar-refractivity contribution in [2.24, 2.45) is 0 Å². The molecule has 236 valence electrons. The fourth-order valence-electron chi connectivity index (χ4n) is 8.18. The number of rotatable bonds is 4. The second-order valence-corrected chi connectivity index (χ2v) is 15.8. The number of aromatic nitrogens is 2. The minimum Gasteiger partial charge on any atom is -0.308 e. The molecule has 1 atom stereocenters. The summed E-state index contributed by atoms with van der Waals surface area (Å²) in [5, 5.41) is 7.22. The molecule has 8 aromatic carbocycles. The monoisotopic (exact) mass is 658 g/mol. The van der Waals surface area contributed by atoms with Crippen molar-refractivity contribution >= 4 is 55.6 Å². The molecule has 0 saturated carbocycles. The zero-order chi connectivity index (χ0) is 33.4. The Kier molecular flexibility index (Phi) is 6.37. The van der Waals surface area contributed by atoms with Crippen LogP contribution in [-0.4, -0.2) is 9.55 Å². The van der Waals surface area contributed by atoms with Crippen LogP contribution >= 0.6 is 7.14 Å². The van der Waals surface area contributed by atoms with Gasteiger partial charge in [0.2, 0.25) is 0 Å². The normalized spacial score (nSPS) is 15.1. The molecule has 0 N–H and O–H groups in total. The van der Waals surface area contributed by atoms with Gasteiger partial charge in [-0.25, -0.2) is 4.98 Å². The average Bonchev–Trinajstić information content (AvgIpc) is 3.52. The fourth-order valence-corrected chi connectivity index (χ4v) is 11.2. The maximum atomic E-state index is 15.9. The van der Waals surface area contributed by atoms with Gasteiger partial charge in [0.1, 0.15) is 5.82 Å². The van der Waals surface area contributed by atoms with Gasteiger partial charge in [-0.1, -0.05) is 140 Å². The van der Waals surface area contributed by atoms with E-state index in [1.165, 1.54) is 43.8 Å². The maximum Gasteiger partial charge on any atom is 0.175 e. The lowest BCUT2D eigenvalue weighted by molar-refractivity contribution is 0.592. The predicted molar refractivity (Wildman–Crippen MR) is 210 cm³/mol. The molecule has 50 heavy (non-hydrogen) atoms. The molecule has 10 rings (SSSR count). The Balaban J connectivity index is 1.27. The Bertz CT molecular complexity index is 2800. The van der Waals surface area contributed by atoms with Gasteiger partial charge in [-0.2, -0.15) is 0 Å². The maximum absolute atomic E-state index is 15.9. The number of hydrogen-bond acceptors (Lipinski definition) is 2. The van der Waals surface area contributed by atoms with Crippen molar-refractivity contribution in [3.63, 3.8) is 0 Å². The summed E-state index contributed by atoms with van der Waals surface area (Å²) in [6.45, 7) is 2.03. The molecule has 0 spiro atoms. The molecular weight excluding hydrogens is 627 g/mol. The molecule has 0 saturated heterocycles. The van der Waals surface area contributed by atoms with Gasteiger partial charge in [0.05, 0.1) is 16.7 Å². The zero-order valence-corrected chi connectivity index (χ0v) is 28.3. The van der Waals surface area contributed by atoms with E-state index in [1.54, 1.807) is 0 Å². The molecule has 3 nitrogen and oxygen atoms in total. The van der Waals surface area contributed by atoms with Crippen LogP contribution in [0.3, 0.4) is 0 Å². The van der Waals surface area contributed by atoms with Gasteiger partial charge in [0.25, 0.3) is 0 Å². The lowest BCUT2D eigenvalue weighted by Gasteiger charge is -2.29. The van der Waals surface area contributed by atoms with Gasteiger partial charge >= 0.3 is 0 Å². The van der Waals surface area contributed by atoms with E-state index in [2.05, 4.69) is 126 Å². The van der Waals surface area contributed by atoms with E-state index >= 15 is 4.57 Å². The van der Waals surface area contributed by atoms with Gasteiger partial charge < -0.3 is 4.57 Å². The van der Waals surface area contributed by atoms with Crippen molar-refractivity contribution in [1.82, 2.24) is 9.55 Å².